The van der Waals surface area contributed by atoms with Crippen molar-refractivity contribution in [1.29, 1.82) is 5.26 Å². The third-order valence-electron chi connectivity index (χ3n) is 8.94. The number of carbonyl (C=O) groups excluding carboxylic acids is 5. The highest BCUT2D eigenvalue weighted by atomic mass is 32.2. The third-order valence-corrected chi connectivity index (χ3v) is 10.6. The number of aryl methyl sites for hydroxylation is 2. The zero-order valence-electron chi connectivity index (χ0n) is 24.0. The molecule has 3 aliphatic carbocycles. The van der Waals surface area contributed by atoms with E-state index in [0.717, 1.165) is 0 Å². The molecule has 1 heterocycles. The Hall–Kier alpha value is -4.50. The van der Waals surface area contributed by atoms with Gasteiger partial charge in [0.2, 0.25) is 5.91 Å². The van der Waals surface area contributed by atoms with E-state index in [1.165, 1.54) is 45.0 Å². The maximum absolute atomic E-state index is 14.4. The second-order valence-corrected chi connectivity index (χ2v) is 13.5. The number of Topliss-reactive ketones (excluding diaryl/α,β-unsaturated/α-hetero) is 4. The molecule has 3 aliphatic rings. The quantitative estimate of drug-likeness (QED) is 0.181. The van der Waals surface area contributed by atoms with Crippen molar-refractivity contribution in [2.24, 2.45) is 34.5 Å². The summed E-state index contributed by atoms with van der Waals surface area (Å²) >= 11 is 0. The van der Waals surface area contributed by atoms with Crippen molar-refractivity contribution >= 4 is 44.8 Å². The van der Waals surface area contributed by atoms with Crippen molar-refractivity contribution in [3.8, 4) is 11.8 Å². The largest absolute Gasteiger partial charge is 0.505 e. The summed E-state index contributed by atoms with van der Waals surface area (Å²) in [5.41, 5.74) is 11.1. The number of sulfonamides is 1. The average Bonchev–Trinajstić information content (AvgIpc) is 3.23. The van der Waals surface area contributed by atoms with Gasteiger partial charge in [-0.15, -0.1) is 0 Å². The van der Waals surface area contributed by atoms with E-state index in [0.29, 0.717) is 0 Å². The van der Waals surface area contributed by atoms with Crippen LogP contribution in [0.4, 0.5) is 5.69 Å². The zero-order chi connectivity index (χ0) is 32.9. The maximum Gasteiger partial charge on any atom is 0.267 e. The Morgan fingerprint density at radius 3 is 2.34 bits per heavy atom. The topological polar surface area (TPSA) is 283 Å². The molecule has 0 aliphatic heterocycles. The minimum atomic E-state index is -4.38. The lowest BCUT2D eigenvalue weighted by atomic mass is 9.43. The van der Waals surface area contributed by atoms with E-state index in [-0.39, 0.29) is 28.3 Å². The van der Waals surface area contributed by atoms with Crippen molar-refractivity contribution < 1.29 is 42.0 Å². The molecule has 8 N–H and O–H groups in total. The second-order valence-electron chi connectivity index (χ2n) is 11.9. The fraction of sp³-hybridized carbons (Fsp3) is 0.444. The van der Waals surface area contributed by atoms with Gasteiger partial charge in [-0.05, 0) is 52.4 Å². The van der Waals surface area contributed by atoms with E-state index in [9.17, 15) is 42.8 Å². The van der Waals surface area contributed by atoms with E-state index in [4.69, 9.17) is 21.7 Å². The molecule has 2 unspecified atom stereocenters. The van der Waals surface area contributed by atoms with Gasteiger partial charge in [0, 0.05) is 5.54 Å². The molecule has 0 radical (unpaired) electrons. The molecule has 2 saturated carbocycles. The van der Waals surface area contributed by atoms with Crippen molar-refractivity contribution in [3.05, 3.63) is 34.7 Å². The first-order chi connectivity index (χ1) is 20.3. The number of amides is 1. The summed E-state index contributed by atoms with van der Waals surface area (Å²) in [4.78, 5) is 68.9. The molecule has 2 aromatic rings. The van der Waals surface area contributed by atoms with E-state index in [1.807, 2.05) is 0 Å². The van der Waals surface area contributed by atoms with Gasteiger partial charge in [0.1, 0.15) is 11.6 Å². The van der Waals surface area contributed by atoms with Crippen LogP contribution in [0.5, 0.6) is 5.75 Å². The number of carbonyl (C=O) groups is 5. The number of likely N-dealkylation sites (N-methyl/N-ethyl adjacent to an activating group) is 1. The van der Waals surface area contributed by atoms with Gasteiger partial charge >= 0.3 is 0 Å². The van der Waals surface area contributed by atoms with Crippen molar-refractivity contribution in [3.63, 3.8) is 0 Å². The number of phenols is 1. The van der Waals surface area contributed by atoms with Crippen LogP contribution >= 0.6 is 0 Å². The van der Waals surface area contributed by atoms with Crippen LogP contribution in [0.1, 0.15) is 33.8 Å². The Bertz CT molecular complexity index is 1840. The Labute approximate surface area is 250 Å². The second kappa shape index (κ2) is 9.50. The van der Waals surface area contributed by atoms with Gasteiger partial charge in [0.25, 0.3) is 10.0 Å². The molecule has 17 heteroatoms. The molecule has 1 amide bonds. The Morgan fingerprint density at radius 2 is 1.82 bits per heavy atom. The Morgan fingerprint density at radius 1 is 1.18 bits per heavy atom. The number of primary amides is 1. The molecule has 6 atom stereocenters. The van der Waals surface area contributed by atoms with E-state index in [2.05, 4.69) is 9.88 Å². The summed E-state index contributed by atoms with van der Waals surface area (Å²) in [7, 11) is -1.58. The van der Waals surface area contributed by atoms with Crippen LogP contribution in [0.25, 0.3) is 0 Å². The Balaban J connectivity index is 1.67. The normalized spacial score (nSPS) is 31.6. The predicted molar refractivity (Wildman–Crippen MR) is 148 cm³/mol. The summed E-state index contributed by atoms with van der Waals surface area (Å²) in [5, 5.41) is 25.2. The maximum atomic E-state index is 14.4. The van der Waals surface area contributed by atoms with Crippen LogP contribution in [0, 0.1) is 42.4 Å². The van der Waals surface area contributed by atoms with Crippen LogP contribution in [0.2, 0.25) is 0 Å². The monoisotopic (exact) mass is 627 g/mol. The fourth-order valence-electron chi connectivity index (χ4n) is 7.33. The number of benzene rings is 1. The molecule has 0 bridgehead atoms. The van der Waals surface area contributed by atoms with Gasteiger partial charge in [-0.1, -0.05) is 11.2 Å². The molecule has 0 saturated heterocycles. The Kier molecular flexibility index (Phi) is 6.68. The number of nitrogens with two attached hydrogens (primary N) is 3. The number of fused-ring (bicyclic) bond motifs is 3. The molecule has 232 valence electrons. The summed E-state index contributed by atoms with van der Waals surface area (Å²) in [6, 6.07) is 2.61. The van der Waals surface area contributed by atoms with E-state index < -0.39 is 96.9 Å². The lowest BCUT2D eigenvalue weighted by Gasteiger charge is -2.60. The number of nitriles is 1. The van der Waals surface area contributed by atoms with Crippen LogP contribution in [0.3, 0.4) is 0 Å². The summed E-state index contributed by atoms with van der Waals surface area (Å²) in [6.45, 7) is 2.76. The van der Waals surface area contributed by atoms with Gasteiger partial charge in [-0.2, -0.15) is 5.26 Å². The number of anilines is 1. The lowest BCUT2D eigenvalue weighted by Crippen LogP contribution is -2.85. The van der Waals surface area contributed by atoms with E-state index in [1.54, 1.807) is 6.07 Å². The molecule has 2 fully saturated rings. The van der Waals surface area contributed by atoms with Crippen molar-refractivity contribution in [2.75, 3.05) is 18.8 Å². The highest BCUT2D eigenvalue weighted by Crippen LogP contribution is 2.56. The lowest BCUT2D eigenvalue weighted by molar-refractivity contribution is -0.166. The van der Waals surface area contributed by atoms with Gasteiger partial charge in [-0.3, -0.25) is 33.6 Å². The minimum absolute atomic E-state index is 0.0303. The molecular weight excluding hydrogens is 598 g/mol. The first-order valence-electron chi connectivity index (χ1n) is 13.2. The minimum Gasteiger partial charge on any atom is -0.505 e. The summed E-state index contributed by atoms with van der Waals surface area (Å²) < 4.78 is 33.3. The SMILES string of the molecule is Cc1noc(C)c1S(=O)(=O)Nc1ccc2c(c1O)C(=O)C1C(=O)[C@]3(C#N)C(=O)C(C(N)=O)C(=O)[C@@H](N(C)C)[C@]3(N)C[C@]1(N)C2. The van der Waals surface area contributed by atoms with Crippen molar-refractivity contribution in [1.82, 2.24) is 10.1 Å². The molecule has 1 aromatic heterocycles. The number of hydrogen-bond donors (Lipinski definition) is 5. The van der Waals surface area contributed by atoms with Gasteiger partial charge in [0.15, 0.2) is 50.9 Å². The molecule has 44 heavy (non-hydrogen) atoms. The number of hydrogen-bond acceptors (Lipinski definition) is 14. The van der Waals surface area contributed by atoms with Crippen LogP contribution in [0.15, 0.2) is 21.6 Å². The zero-order valence-corrected chi connectivity index (χ0v) is 24.8. The molecule has 0 spiro atoms. The number of aromatic hydroxyl groups is 1. The number of nitrogens with zero attached hydrogens (tertiary/aromatic N) is 3. The highest BCUT2D eigenvalue weighted by molar-refractivity contribution is 7.92. The smallest absolute Gasteiger partial charge is 0.267 e. The van der Waals surface area contributed by atoms with Gasteiger partial charge in [0.05, 0.1) is 28.9 Å². The van der Waals surface area contributed by atoms with Gasteiger partial charge in [-0.25, -0.2) is 8.42 Å². The number of rotatable bonds is 5. The van der Waals surface area contributed by atoms with E-state index >= 15 is 0 Å². The highest BCUT2D eigenvalue weighted by Gasteiger charge is 2.78. The van der Waals surface area contributed by atoms with Crippen molar-refractivity contribution in [2.45, 2.75) is 48.7 Å². The van der Waals surface area contributed by atoms with Crippen LogP contribution < -0.4 is 21.9 Å². The third kappa shape index (κ3) is 3.75. The number of aromatic nitrogens is 1. The predicted octanol–water partition coefficient (Wildman–Crippen LogP) is -1.79. The van der Waals surface area contributed by atoms with Gasteiger partial charge < -0.3 is 26.8 Å². The average molecular weight is 628 g/mol. The molecule has 16 nitrogen and oxygen atoms in total. The standard InChI is InChI=1S/C27H29N7O9S/c1-10-20(11(2)43-32-10)44(41,42)33-13-6-5-12-7-25(30)8-27(31)21(34(3)4)19(37)15(24(29)40)22(38)26(27,9-28)23(39)16(25)18(36)14(12)17(13)35/h5-6,15-16,21,33,35H,7-8,30-31H2,1-4H3,(H2,29,40)/t15?,16?,21-,25-,26+,27-/m1/s1. The number of nitrogens with one attached hydrogen (secondary N) is 1. The summed E-state index contributed by atoms with van der Waals surface area (Å²) in [6.07, 6.45) is -0.862. The van der Waals surface area contributed by atoms with Crippen LogP contribution in [-0.2, 0) is 35.6 Å². The molecule has 5 rings (SSSR count). The summed E-state index contributed by atoms with van der Waals surface area (Å²) in [5.74, 6) is -11.3. The number of ketones is 4. The first-order valence-corrected chi connectivity index (χ1v) is 14.7. The molecular formula is C27H29N7O9S. The van der Waals surface area contributed by atoms with Crippen LogP contribution in [-0.4, -0.2) is 83.8 Å². The fourth-order valence-corrected chi connectivity index (χ4v) is 8.73. The number of phenolic OH excluding ortho intramolecular Hbond substituents is 1. The molecule has 1 aromatic carbocycles. The first kappa shape index (κ1) is 30.9.